The summed E-state index contributed by atoms with van der Waals surface area (Å²) in [7, 11) is 2.14. The average molecular weight is 505 g/mol. The Morgan fingerprint density at radius 3 is 2.15 bits per heavy atom. The Labute approximate surface area is 210 Å². The van der Waals surface area contributed by atoms with Crippen LogP contribution >= 0.6 is 23.2 Å². The summed E-state index contributed by atoms with van der Waals surface area (Å²) < 4.78 is 0. The minimum absolute atomic E-state index is 0.262. The van der Waals surface area contributed by atoms with E-state index in [0.717, 1.165) is 43.9 Å². The summed E-state index contributed by atoms with van der Waals surface area (Å²) in [6.45, 7) is 5.38. The van der Waals surface area contributed by atoms with Crippen molar-refractivity contribution in [3.8, 4) is 0 Å². The highest BCUT2D eigenvalue weighted by Crippen LogP contribution is 2.34. The highest BCUT2D eigenvalue weighted by Gasteiger charge is 2.38. The minimum Gasteiger partial charge on any atom is -0.465 e. The number of amides is 2. The molecule has 0 radical (unpaired) electrons. The number of likely N-dealkylation sites (N-methyl/N-ethyl adjacent to an activating group) is 1. The Bertz CT molecular complexity index is 1000. The fraction of sp³-hybridized carbons (Fsp3) is 0.440. The zero-order valence-corrected chi connectivity index (χ0v) is 20.8. The molecule has 2 aliphatic rings. The van der Waals surface area contributed by atoms with Crippen LogP contribution in [0.1, 0.15) is 24.4 Å². The monoisotopic (exact) mass is 504 g/mol. The second-order valence-corrected chi connectivity index (χ2v) is 9.79. The number of carbonyl (C=O) groups is 2. The van der Waals surface area contributed by atoms with Gasteiger partial charge in [0, 0.05) is 66.6 Å². The predicted molar refractivity (Wildman–Crippen MR) is 135 cm³/mol. The molecule has 0 aromatic heterocycles. The van der Waals surface area contributed by atoms with E-state index in [1.807, 2.05) is 0 Å². The number of halogens is 2. The van der Waals surface area contributed by atoms with Crippen LogP contribution in [0.2, 0.25) is 10.0 Å². The topological polar surface area (TPSA) is 67.3 Å². The quantitative estimate of drug-likeness (QED) is 0.650. The first-order valence-electron chi connectivity index (χ1n) is 11.6. The number of nitrogens with zero attached hydrogens (tertiary/aromatic N) is 4. The molecule has 1 N–H and O–H groups in total. The van der Waals surface area contributed by atoms with E-state index in [1.54, 1.807) is 53.4 Å². The normalized spacial score (nSPS) is 19.1. The van der Waals surface area contributed by atoms with E-state index in [-0.39, 0.29) is 5.91 Å². The van der Waals surface area contributed by atoms with Crippen molar-refractivity contribution in [2.24, 2.45) is 0 Å². The van der Waals surface area contributed by atoms with Crippen molar-refractivity contribution in [3.63, 3.8) is 0 Å². The average Bonchev–Trinajstić information content (AvgIpc) is 2.84. The van der Waals surface area contributed by atoms with Crippen LogP contribution in [0.5, 0.6) is 0 Å². The number of anilines is 1. The van der Waals surface area contributed by atoms with E-state index < -0.39 is 12.1 Å². The number of carboxylic acid groups (broad SMARTS) is 1. The van der Waals surface area contributed by atoms with Crippen molar-refractivity contribution >= 4 is 40.9 Å². The van der Waals surface area contributed by atoms with Gasteiger partial charge < -0.3 is 14.9 Å². The molecule has 2 amide bonds. The summed E-state index contributed by atoms with van der Waals surface area (Å²) in [5.41, 5.74) is 0.829. The van der Waals surface area contributed by atoms with Gasteiger partial charge in [-0.25, -0.2) is 4.79 Å². The largest absolute Gasteiger partial charge is 0.465 e. The highest BCUT2D eigenvalue weighted by molar-refractivity contribution is 6.32. The van der Waals surface area contributed by atoms with Crippen LogP contribution in [0.25, 0.3) is 0 Å². The first kappa shape index (κ1) is 24.8. The third-order valence-corrected chi connectivity index (χ3v) is 7.43. The van der Waals surface area contributed by atoms with Crippen LogP contribution in [0.3, 0.4) is 0 Å². The molecule has 4 rings (SSSR count). The first-order valence-corrected chi connectivity index (χ1v) is 12.3. The standard InChI is InChI=1S/C25H30Cl2N4O3/c1-28-14-16-29(17-15-28)19-10-12-30(13-11-19)24(32)23(21-4-2-3-5-22(21)27)31(25(33)34)20-8-6-18(26)7-9-20/h2-9,19,23H,10-17H2,1H3,(H,33,34). The Kier molecular flexibility index (Phi) is 7.99. The molecular formula is C25H30Cl2N4O3. The number of carbonyl (C=O) groups excluding carboxylic acids is 1. The van der Waals surface area contributed by atoms with Crippen LogP contribution in [0.4, 0.5) is 10.5 Å². The van der Waals surface area contributed by atoms with Gasteiger partial charge in [-0.2, -0.15) is 0 Å². The number of likely N-dealkylation sites (tertiary alicyclic amines) is 1. The molecule has 0 bridgehead atoms. The van der Waals surface area contributed by atoms with E-state index in [2.05, 4.69) is 16.8 Å². The zero-order valence-electron chi connectivity index (χ0n) is 19.2. The summed E-state index contributed by atoms with van der Waals surface area (Å²) in [5.74, 6) is -0.262. The minimum atomic E-state index is -1.23. The number of piperidine rings is 1. The molecular weight excluding hydrogens is 475 g/mol. The van der Waals surface area contributed by atoms with Crippen LogP contribution in [-0.2, 0) is 4.79 Å². The van der Waals surface area contributed by atoms with Crippen molar-refractivity contribution in [2.75, 3.05) is 51.2 Å². The summed E-state index contributed by atoms with van der Waals surface area (Å²) in [4.78, 5) is 34.1. The lowest BCUT2D eigenvalue weighted by Crippen LogP contribution is -2.54. The number of hydrogen-bond donors (Lipinski definition) is 1. The third-order valence-electron chi connectivity index (χ3n) is 6.83. The van der Waals surface area contributed by atoms with Crippen molar-refractivity contribution in [3.05, 3.63) is 64.1 Å². The SMILES string of the molecule is CN1CCN(C2CCN(C(=O)C(c3ccccc3Cl)N(C(=O)O)c3ccc(Cl)cc3)CC2)CC1. The van der Waals surface area contributed by atoms with Gasteiger partial charge in [0.15, 0.2) is 0 Å². The summed E-state index contributed by atoms with van der Waals surface area (Å²) in [5, 5.41) is 11.0. The van der Waals surface area contributed by atoms with Crippen LogP contribution < -0.4 is 4.90 Å². The predicted octanol–water partition coefficient (Wildman–Crippen LogP) is 4.46. The lowest BCUT2D eigenvalue weighted by molar-refractivity contribution is -0.134. The van der Waals surface area contributed by atoms with E-state index in [9.17, 15) is 14.7 Å². The molecule has 0 aliphatic carbocycles. The Hall–Kier alpha value is -2.32. The Morgan fingerprint density at radius 1 is 0.941 bits per heavy atom. The van der Waals surface area contributed by atoms with Gasteiger partial charge in [0.2, 0.25) is 0 Å². The van der Waals surface area contributed by atoms with Crippen LogP contribution in [0.15, 0.2) is 48.5 Å². The smallest absolute Gasteiger partial charge is 0.412 e. The molecule has 2 saturated heterocycles. The van der Waals surface area contributed by atoms with Gasteiger partial charge in [0.25, 0.3) is 5.91 Å². The first-order chi connectivity index (χ1) is 16.3. The van der Waals surface area contributed by atoms with Gasteiger partial charge >= 0.3 is 6.09 Å². The molecule has 0 saturated carbocycles. The van der Waals surface area contributed by atoms with Gasteiger partial charge in [-0.3, -0.25) is 14.6 Å². The number of rotatable bonds is 5. The molecule has 1 atom stereocenters. The maximum Gasteiger partial charge on any atom is 0.412 e. The fourth-order valence-electron chi connectivity index (χ4n) is 4.86. The lowest BCUT2D eigenvalue weighted by Gasteiger charge is -2.43. The van der Waals surface area contributed by atoms with Gasteiger partial charge in [-0.1, -0.05) is 41.4 Å². The van der Waals surface area contributed by atoms with E-state index >= 15 is 0 Å². The van der Waals surface area contributed by atoms with E-state index in [0.29, 0.717) is 40.4 Å². The maximum atomic E-state index is 13.9. The summed E-state index contributed by atoms with van der Waals surface area (Å²) in [6, 6.07) is 12.7. The second-order valence-electron chi connectivity index (χ2n) is 8.95. The van der Waals surface area contributed by atoms with Crippen LogP contribution in [0, 0.1) is 0 Å². The molecule has 9 heteroatoms. The van der Waals surface area contributed by atoms with Crippen molar-refractivity contribution in [2.45, 2.75) is 24.9 Å². The van der Waals surface area contributed by atoms with Gasteiger partial charge in [-0.15, -0.1) is 0 Å². The second kappa shape index (κ2) is 11.0. The number of benzene rings is 2. The zero-order chi connectivity index (χ0) is 24.2. The Morgan fingerprint density at radius 2 is 1.56 bits per heavy atom. The molecule has 2 aliphatic heterocycles. The molecule has 2 heterocycles. The molecule has 2 aromatic carbocycles. The third kappa shape index (κ3) is 5.49. The maximum absolute atomic E-state index is 13.9. The molecule has 1 unspecified atom stereocenters. The van der Waals surface area contributed by atoms with Crippen molar-refractivity contribution < 1.29 is 14.7 Å². The van der Waals surface area contributed by atoms with Crippen molar-refractivity contribution in [1.29, 1.82) is 0 Å². The molecule has 7 nitrogen and oxygen atoms in total. The molecule has 182 valence electrons. The molecule has 2 aromatic rings. The summed E-state index contributed by atoms with van der Waals surface area (Å²) in [6.07, 6.45) is 0.519. The van der Waals surface area contributed by atoms with Gasteiger partial charge in [-0.05, 0) is 50.2 Å². The van der Waals surface area contributed by atoms with E-state index in [4.69, 9.17) is 23.2 Å². The number of piperazine rings is 1. The summed E-state index contributed by atoms with van der Waals surface area (Å²) >= 11 is 12.5. The molecule has 0 spiro atoms. The molecule has 34 heavy (non-hydrogen) atoms. The lowest BCUT2D eigenvalue weighted by atomic mass is 9.98. The van der Waals surface area contributed by atoms with Crippen molar-refractivity contribution in [1.82, 2.24) is 14.7 Å². The van der Waals surface area contributed by atoms with Gasteiger partial charge in [0.1, 0.15) is 6.04 Å². The Balaban J connectivity index is 1.58. The van der Waals surface area contributed by atoms with E-state index in [1.165, 1.54) is 0 Å². The van der Waals surface area contributed by atoms with Crippen LogP contribution in [-0.4, -0.2) is 84.2 Å². The van der Waals surface area contributed by atoms with Gasteiger partial charge in [0.05, 0.1) is 0 Å². The fourth-order valence-corrected chi connectivity index (χ4v) is 5.23. The highest BCUT2D eigenvalue weighted by atomic mass is 35.5. The molecule has 2 fully saturated rings. The number of hydrogen-bond acceptors (Lipinski definition) is 4.